The minimum Gasteiger partial charge on any atom is -0.372 e. The van der Waals surface area contributed by atoms with Gasteiger partial charge < -0.3 is 10.1 Å². The minimum atomic E-state index is -0.316. The number of aryl methyl sites for hydroxylation is 1. The van der Waals surface area contributed by atoms with Crippen LogP contribution in [0.3, 0.4) is 0 Å². The van der Waals surface area contributed by atoms with E-state index in [0.717, 1.165) is 40.6 Å². The van der Waals surface area contributed by atoms with Gasteiger partial charge in [-0.25, -0.2) is 9.97 Å². The second kappa shape index (κ2) is 5.75. The van der Waals surface area contributed by atoms with E-state index in [0.29, 0.717) is 0 Å². The molecule has 0 bridgehead atoms. The van der Waals surface area contributed by atoms with Crippen molar-refractivity contribution in [1.82, 2.24) is 9.97 Å². The molecule has 0 radical (unpaired) electrons. The molecule has 1 aliphatic carbocycles. The molecule has 1 fully saturated rings. The van der Waals surface area contributed by atoms with E-state index in [9.17, 15) is 0 Å². The molecule has 4 nitrogen and oxygen atoms in total. The van der Waals surface area contributed by atoms with Crippen molar-refractivity contribution in [3.8, 4) is 0 Å². The zero-order valence-electron chi connectivity index (χ0n) is 12.1. The molecule has 0 saturated heterocycles. The molecule has 0 unspecified atom stereocenters. The zero-order valence-corrected chi connectivity index (χ0v) is 13.7. The third-order valence-corrected chi connectivity index (χ3v) is 5.08. The van der Waals surface area contributed by atoms with Crippen LogP contribution in [0.4, 0.5) is 5.82 Å². The SMILES string of the molecule is CNc1nc(C2(OC)CCC(C)CC2)nc(C)c1Br. The molecule has 0 aliphatic heterocycles. The van der Waals surface area contributed by atoms with Crippen molar-refractivity contribution >= 4 is 21.7 Å². The Morgan fingerprint density at radius 2 is 1.95 bits per heavy atom. The smallest absolute Gasteiger partial charge is 0.162 e. The van der Waals surface area contributed by atoms with Gasteiger partial charge in [-0.1, -0.05) is 6.92 Å². The van der Waals surface area contributed by atoms with Crippen molar-refractivity contribution in [2.24, 2.45) is 5.92 Å². The number of hydrogen-bond donors (Lipinski definition) is 1. The van der Waals surface area contributed by atoms with Gasteiger partial charge in [0.15, 0.2) is 5.82 Å². The van der Waals surface area contributed by atoms with Gasteiger partial charge in [-0.2, -0.15) is 0 Å². The number of nitrogens with zero attached hydrogens (tertiary/aromatic N) is 2. The van der Waals surface area contributed by atoms with Gasteiger partial charge in [0.1, 0.15) is 11.4 Å². The van der Waals surface area contributed by atoms with Crippen molar-refractivity contribution in [3.63, 3.8) is 0 Å². The highest BCUT2D eigenvalue weighted by Gasteiger charge is 2.39. The molecule has 0 amide bonds. The first-order chi connectivity index (χ1) is 9.02. The van der Waals surface area contributed by atoms with E-state index in [1.807, 2.05) is 14.0 Å². The van der Waals surface area contributed by atoms with Crippen molar-refractivity contribution < 1.29 is 4.74 Å². The molecule has 106 valence electrons. The number of nitrogens with one attached hydrogen (secondary N) is 1. The average molecular weight is 328 g/mol. The summed E-state index contributed by atoms with van der Waals surface area (Å²) in [5, 5.41) is 3.11. The number of aromatic nitrogens is 2. The predicted molar refractivity (Wildman–Crippen MR) is 80.3 cm³/mol. The molecule has 1 aromatic rings. The van der Waals surface area contributed by atoms with E-state index < -0.39 is 0 Å². The summed E-state index contributed by atoms with van der Waals surface area (Å²) >= 11 is 3.52. The summed E-state index contributed by atoms with van der Waals surface area (Å²) in [7, 11) is 3.65. The molecule has 19 heavy (non-hydrogen) atoms. The monoisotopic (exact) mass is 327 g/mol. The summed E-state index contributed by atoms with van der Waals surface area (Å²) in [6.45, 7) is 4.29. The lowest BCUT2D eigenvalue weighted by atomic mass is 9.79. The maximum absolute atomic E-state index is 5.84. The lowest BCUT2D eigenvalue weighted by Crippen LogP contribution is -2.35. The van der Waals surface area contributed by atoms with Gasteiger partial charge in [-0.05, 0) is 54.5 Å². The molecular formula is C14H22BrN3O. The van der Waals surface area contributed by atoms with Crippen LogP contribution in [0.15, 0.2) is 4.47 Å². The highest BCUT2D eigenvalue weighted by atomic mass is 79.9. The maximum atomic E-state index is 5.84. The Bertz CT molecular complexity index is 456. The fraction of sp³-hybridized carbons (Fsp3) is 0.714. The zero-order chi connectivity index (χ0) is 14.0. The average Bonchev–Trinajstić information content (AvgIpc) is 2.43. The molecule has 0 spiro atoms. The number of hydrogen-bond acceptors (Lipinski definition) is 4. The van der Waals surface area contributed by atoms with Crippen LogP contribution in [-0.2, 0) is 10.3 Å². The topological polar surface area (TPSA) is 47.0 Å². The molecule has 0 aromatic carbocycles. The van der Waals surface area contributed by atoms with E-state index in [1.54, 1.807) is 7.11 Å². The minimum absolute atomic E-state index is 0.316. The molecule has 1 aromatic heterocycles. The Morgan fingerprint density at radius 1 is 1.32 bits per heavy atom. The Labute approximate surface area is 123 Å². The van der Waals surface area contributed by atoms with E-state index in [4.69, 9.17) is 4.74 Å². The molecular weight excluding hydrogens is 306 g/mol. The van der Waals surface area contributed by atoms with Gasteiger partial charge in [0.2, 0.25) is 0 Å². The molecule has 0 atom stereocenters. The van der Waals surface area contributed by atoms with E-state index in [1.165, 1.54) is 12.8 Å². The van der Waals surface area contributed by atoms with Gasteiger partial charge in [0.05, 0.1) is 10.2 Å². The first-order valence-corrected chi connectivity index (χ1v) is 7.59. The summed E-state index contributed by atoms with van der Waals surface area (Å²) in [6.07, 6.45) is 4.33. The van der Waals surface area contributed by atoms with E-state index >= 15 is 0 Å². The lowest BCUT2D eigenvalue weighted by Gasteiger charge is -2.37. The van der Waals surface area contributed by atoms with Crippen molar-refractivity contribution in [1.29, 1.82) is 0 Å². The third kappa shape index (κ3) is 2.77. The van der Waals surface area contributed by atoms with Crippen LogP contribution >= 0.6 is 15.9 Å². The first-order valence-electron chi connectivity index (χ1n) is 6.80. The van der Waals surface area contributed by atoms with Crippen LogP contribution < -0.4 is 5.32 Å². The van der Waals surface area contributed by atoms with Crippen LogP contribution in [-0.4, -0.2) is 24.1 Å². The Hall–Kier alpha value is -0.680. The van der Waals surface area contributed by atoms with Gasteiger partial charge in [0.25, 0.3) is 0 Å². The molecule has 2 rings (SSSR count). The second-order valence-corrected chi connectivity index (χ2v) is 6.22. The second-order valence-electron chi connectivity index (χ2n) is 5.43. The summed E-state index contributed by atoms with van der Waals surface area (Å²) in [4.78, 5) is 9.30. The van der Waals surface area contributed by atoms with Gasteiger partial charge in [-0.3, -0.25) is 0 Å². The van der Waals surface area contributed by atoms with Crippen LogP contribution in [0.1, 0.15) is 44.1 Å². The fourth-order valence-corrected chi connectivity index (χ4v) is 3.05. The van der Waals surface area contributed by atoms with Gasteiger partial charge >= 0.3 is 0 Å². The molecule has 1 saturated carbocycles. The quantitative estimate of drug-likeness (QED) is 0.920. The summed E-state index contributed by atoms with van der Waals surface area (Å²) in [5.74, 6) is 2.41. The Kier molecular flexibility index (Phi) is 4.46. The van der Waals surface area contributed by atoms with Crippen molar-refractivity contribution in [2.45, 2.75) is 45.1 Å². The molecule has 1 aliphatic rings. The Morgan fingerprint density at radius 3 is 2.47 bits per heavy atom. The fourth-order valence-electron chi connectivity index (χ4n) is 2.68. The summed E-state index contributed by atoms with van der Waals surface area (Å²) < 4.78 is 6.76. The largest absolute Gasteiger partial charge is 0.372 e. The van der Waals surface area contributed by atoms with Gasteiger partial charge in [0, 0.05) is 14.2 Å². The normalized spacial score (nSPS) is 27.3. The van der Waals surface area contributed by atoms with E-state index in [2.05, 4.69) is 38.1 Å². The third-order valence-electron chi connectivity index (χ3n) is 4.13. The van der Waals surface area contributed by atoms with Crippen molar-refractivity contribution in [2.75, 3.05) is 19.5 Å². The number of rotatable bonds is 3. The lowest BCUT2D eigenvalue weighted by molar-refractivity contribution is -0.0597. The maximum Gasteiger partial charge on any atom is 0.162 e. The number of anilines is 1. The first kappa shape index (κ1) is 14.7. The summed E-state index contributed by atoms with van der Waals surface area (Å²) in [5.41, 5.74) is 0.633. The number of ether oxygens (including phenoxy) is 1. The highest BCUT2D eigenvalue weighted by molar-refractivity contribution is 9.10. The molecule has 1 N–H and O–H groups in total. The number of halogens is 1. The van der Waals surface area contributed by atoms with Crippen molar-refractivity contribution in [3.05, 3.63) is 16.0 Å². The highest BCUT2D eigenvalue weighted by Crippen LogP contribution is 2.41. The van der Waals surface area contributed by atoms with Crippen LogP contribution in [0.5, 0.6) is 0 Å². The number of methoxy groups -OCH3 is 1. The van der Waals surface area contributed by atoms with Crippen LogP contribution in [0.25, 0.3) is 0 Å². The van der Waals surface area contributed by atoms with Crippen LogP contribution in [0.2, 0.25) is 0 Å². The molecule has 5 heteroatoms. The Balaban J connectivity index is 2.41. The van der Waals surface area contributed by atoms with Gasteiger partial charge in [-0.15, -0.1) is 0 Å². The predicted octanol–water partition coefficient (Wildman–Crippen LogP) is 3.64. The molecule has 1 heterocycles. The van der Waals surface area contributed by atoms with Crippen LogP contribution in [0, 0.1) is 12.8 Å². The summed E-state index contributed by atoms with van der Waals surface area (Å²) in [6, 6.07) is 0. The standard InChI is InChI=1S/C14H22BrN3O/c1-9-5-7-14(19-4,8-6-9)13-17-10(2)11(15)12(16-3)18-13/h9H,5-8H2,1-4H3,(H,16,17,18). The van der Waals surface area contributed by atoms with E-state index in [-0.39, 0.29) is 5.60 Å².